The second-order valence-corrected chi connectivity index (χ2v) is 22.8. The number of benzene rings is 2. The van der Waals surface area contributed by atoms with Crippen LogP contribution in [0.15, 0.2) is 60.7 Å². The van der Waals surface area contributed by atoms with Crippen LogP contribution in [0.2, 0.25) is 44.8 Å². The van der Waals surface area contributed by atoms with E-state index in [1.165, 1.54) is 10.4 Å². The zero-order chi connectivity index (χ0) is 20.8. The molecule has 0 heterocycles. The Kier molecular flexibility index (Phi) is 8.21. The van der Waals surface area contributed by atoms with Crippen LogP contribution < -0.4 is 10.4 Å². The van der Waals surface area contributed by atoms with Crippen LogP contribution in [0.5, 0.6) is 0 Å². The molecule has 0 aliphatic rings. The number of hydrogen-bond donors (Lipinski definition) is 0. The molecule has 0 atom stereocenters. The van der Waals surface area contributed by atoms with E-state index in [-0.39, 0.29) is 0 Å². The van der Waals surface area contributed by atoms with Gasteiger partial charge in [0.2, 0.25) is 0 Å². The average Bonchev–Trinajstić information content (AvgIpc) is 2.64. The van der Waals surface area contributed by atoms with Crippen molar-refractivity contribution in [2.75, 3.05) is 0 Å². The van der Waals surface area contributed by atoms with Crippen molar-refractivity contribution in [3.05, 3.63) is 60.7 Å². The van der Waals surface area contributed by atoms with E-state index < -0.39 is 34.5 Å². The summed E-state index contributed by atoms with van der Waals surface area (Å²) in [6.07, 6.45) is 0. The highest BCUT2D eigenvalue weighted by Crippen LogP contribution is 2.23. The summed E-state index contributed by atoms with van der Waals surface area (Å²) in [6.45, 7) is 15.5. The van der Waals surface area contributed by atoms with Crippen LogP contribution >= 0.6 is 0 Å². The fourth-order valence-electron chi connectivity index (χ4n) is 3.44. The Bertz CT molecular complexity index is 674. The van der Waals surface area contributed by atoms with Crippen molar-refractivity contribution in [1.29, 1.82) is 0 Å². The number of rotatable bonds is 10. The van der Waals surface area contributed by atoms with Gasteiger partial charge in [-0.15, -0.1) is 0 Å². The maximum Gasteiger partial charge on any atom is 0.387 e. The van der Waals surface area contributed by atoms with Crippen LogP contribution in [0.4, 0.5) is 0 Å². The molecule has 0 N–H and O–H groups in total. The van der Waals surface area contributed by atoms with Crippen molar-refractivity contribution in [3.63, 3.8) is 0 Å². The molecule has 3 nitrogen and oxygen atoms in total. The van der Waals surface area contributed by atoms with Gasteiger partial charge in [0, 0.05) is 0 Å². The summed E-state index contributed by atoms with van der Waals surface area (Å²) in [4.78, 5) is 0. The average molecular weight is 448 g/mol. The standard InChI is InChI=1S/C21H35O3Si4/c1-8-25(9-2)22-28(20-16-12-10-13-17-20,21-18-14-11-15-19-21)24-27(6,7)23-26(3,4)5/h10-19H,8-9H2,1-7H3. The second-order valence-electron chi connectivity index (χ2n) is 8.41. The largest absolute Gasteiger partial charge is 0.437 e. The lowest BCUT2D eigenvalue weighted by Gasteiger charge is -2.42. The Morgan fingerprint density at radius 1 is 0.679 bits per heavy atom. The van der Waals surface area contributed by atoms with E-state index in [2.05, 4.69) is 107 Å². The maximum absolute atomic E-state index is 7.10. The minimum absolute atomic E-state index is 0.974. The van der Waals surface area contributed by atoms with Crippen molar-refractivity contribution in [2.45, 2.75) is 58.7 Å². The monoisotopic (exact) mass is 447 g/mol. The van der Waals surface area contributed by atoms with Crippen LogP contribution in [0, 0.1) is 0 Å². The Morgan fingerprint density at radius 3 is 1.46 bits per heavy atom. The van der Waals surface area contributed by atoms with E-state index in [0.717, 1.165) is 12.1 Å². The van der Waals surface area contributed by atoms with Gasteiger partial charge in [0.25, 0.3) is 0 Å². The second kappa shape index (κ2) is 9.79. The van der Waals surface area contributed by atoms with Gasteiger partial charge in [0.05, 0.1) is 0 Å². The van der Waals surface area contributed by atoms with E-state index in [1.807, 2.05) is 0 Å². The van der Waals surface area contributed by atoms with E-state index in [1.54, 1.807) is 0 Å². The molecule has 2 aromatic carbocycles. The topological polar surface area (TPSA) is 27.7 Å². The molecule has 7 heteroatoms. The van der Waals surface area contributed by atoms with Gasteiger partial charge in [-0.05, 0) is 55.2 Å². The Morgan fingerprint density at radius 2 is 1.11 bits per heavy atom. The summed E-state index contributed by atoms with van der Waals surface area (Å²) in [7, 11) is -8.01. The zero-order valence-corrected chi connectivity index (χ0v) is 22.4. The Hall–Kier alpha value is -0.812. The lowest BCUT2D eigenvalue weighted by molar-refractivity contribution is 0.345. The summed E-state index contributed by atoms with van der Waals surface area (Å²) in [6, 6.07) is 23.3. The molecule has 153 valence electrons. The molecule has 0 spiro atoms. The quantitative estimate of drug-likeness (QED) is 0.487. The lowest BCUT2D eigenvalue weighted by atomic mass is 10.4. The van der Waals surface area contributed by atoms with Gasteiger partial charge in [-0.2, -0.15) is 0 Å². The van der Waals surface area contributed by atoms with Gasteiger partial charge in [-0.25, -0.2) is 0 Å². The molecule has 0 saturated heterocycles. The predicted molar refractivity (Wildman–Crippen MR) is 129 cm³/mol. The fraction of sp³-hybridized carbons (Fsp3) is 0.429. The summed E-state index contributed by atoms with van der Waals surface area (Å²) >= 11 is 0. The van der Waals surface area contributed by atoms with Crippen molar-refractivity contribution < 1.29 is 12.3 Å². The van der Waals surface area contributed by atoms with Gasteiger partial charge in [-0.1, -0.05) is 74.5 Å². The number of hydrogen-bond acceptors (Lipinski definition) is 3. The minimum Gasteiger partial charge on any atom is -0.437 e. The van der Waals surface area contributed by atoms with Crippen LogP contribution in [0.1, 0.15) is 13.8 Å². The third kappa shape index (κ3) is 6.35. The van der Waals surface area contributed by atoms with Gasteiger partial charge < -0.3 is 12.3 Å². The highest BCUT2D eigenvalue weighted by molar-refractivity contribution is 7.01. The summed E-state index contributed by atoms with van der Waals surface area (Å²) in [5.41, 5.74) is 0. The molecule has 0 fully saturated rings. The highest BCUT2D eigenvalue weighted by atomic mass is 28.5. The van der Waals surface area contributed by atoms with Gasteiger partial charge in [0.1, 0.15) is 0 Å². The first kappa shape index (κ1) is 23.5. The third-order valence-electron chi connectivity index (χ3n) is 4.33. The summed E-state index contributed by atoms with van der Waals surface area (Å²) < 4.78 is 20.7. The van der Waals surface area contributed by atoms with Gasteiger partial charge >= 0.3 is 17.1 Å². The predicted octanol–water partition coefficient (Wildman–Crippen LogP) is 4.86. The van der Waals surface area contributed by atoms with Gasteiger partial charge in [-0.3, -0.25) is 0 Å². The fourth-order valence-corrected chi connectivity index (χ4v) is 20.0. The molecular weight excluding hydrogens is 413 g/mol. The van der Waals surface area contributed by atoms with E-state index in [9.17, 15) is 0 Å². The lowest BCUT2D eigenvalue weighted by Crippen LogP contribution is -2.69. The molecule has 0 unspecified atom stereocenters. The summed E-state index contributed by atoms with van der Waals surface area (Å²) in [5, 5.41) is 2.34. The molecular formula is C21H35O3Si4. The maximum atomic E-state index is 7.10. The molecule has 0 aliphatic heterocycles. The van der Waals surface area contributed by atoms with E-state index >= 15 is 0 Å². The molecule has 0 aromatic heterocycles. The van der Waals surface area contributed by atoms with Crippen LogP contribution in [0.25, 0.3) is 0 Å². The molecule has 0 amide bonds. The molecule has 2 rings (SSSR count). The Balaban J connectivity index is 2.63. The summed E-state index contributed by atoms with van der Waals surface area (Å²) in [5.74, 6) is 0. The van der Waals surface area contributed by atoms with E-state index in [0.29, 0.717) is 0 Å². The molecule has 0 bridgehead atoms. The molecule has 28 heavy (non-hydrogen) atoms. The SMILES string of the molecule is CC[Si](CC)O[Si](O[Si](C)(C)O[Si](C)(C)C)(c1ccccc1)c1ccccc1. The normalized spacial score (nSPS) is 13.1. The van der Waals surface area contributed by atoms with Crippen LogP contribution in [-0.4, -0.2) is 34.5 Å². The zero-order valence-electron chi connectivity index (χ0n) is 18.4. The van der Waals surface area contributed by atoms with Crippen molar-refractivity contribution in [3.8, 4) is 0 Å². The van der Waals surface area contributed by atoms with Gasteiger partial charge in [0.15, 0.2) is 17.4 Å². The molecule has 0 aliphatic carbocycles. The third-order valence-corrected chi connectivity index (χ3v) is 17.9. The van der Waals surface area contributed by atoms with Crippen LogP contribution in [-0.2, 0) is 12.3 Å². The smallest absolute Gasteiger partial charge is 0.387 e. The van der Waals surface area contributed by atoms with E-state index in [4.69, 9.17) is 12.3 Å². The minimum atomic E-state index is -2.88. The Labute approximate surface area is 176 Å². The first-order valence-electron chi connectivity index (χ1n) is 10.2. The van der Waals surface area contributed by atoms with Crippen molar-refractivity contribution in [2.24, 2.45) is 0 Å². The van der Waals surface area contributed by atoms with Crippen molar-refractivity contribution in [1.82, 2.24) is 0 Å². The molecule has 2 aromatic rings. The highest BCUT2D eigenvalue weighted by Gasteiger charge is 2.49. The molecule has 0 saturated carbocycles. The first-order valence-corrected chi connectivity index (χ1v) is 20.0. The van der Waals surface area contributed by atoms with Crippen molar-refractivity contribution >= 4 is 44.9 Å². The van der Waals surface area contributed by atoms with Crippen LogP contribution in [0.3, 0.4) is 0 Å². The molecule has 1 radical (unpaired) electrons. The first-order chi connectivity index (χ1) is 13.1.